The summed E-state index contributed by atoms with van der Waals surface area (Å²) >= 11 is 1.73. The highest BCUT2D eigenvalue weighted by molar-refractivity contribution is 7.98. The predicted octanol–water partition coefficient (Wildman–Crippen LogP) is 4.52. The third kappa shape index (κ3) is 4.48. The highest BCUT2D eigenvalue weighted by atomic mass is 32.2. The molecule has 0 aliphatic carbocycles. The van der Waals surface area contributed by atoms with Crippen molar-refractivity contribution in [2.45, 2.75) is 51.9 Å². The summed E-state index contributed by atoms with van der Waals surface area (Å²) < 4.78 is 1.88. The molecule has 0 bridgehead atoms. The molecule has 4 rings (SSSR count). The predicted molar refractivity (Wildman–Crippen MR) is 130 cm³/mol. The molecule has 0 aliphatic heterocycles. The SMILES string of the molecule is CSc1ccc(CCNC(=O)CCc2c(C)nc3c4c(C)cc(C)nc4nn3c2C)cc1. The highest BCUT2D eigenvalue weighted by Crippen LogP contribution is 2.25. The molecular formula is C25H29N5OS. The van der Waals surface area contributed by atoms with Crippen molar-refractivity contribution in [2.24, 2.45) is 0 Å². The van der Waals surface area contributed by atoms with Crippen LogP contribution < -0.4 is 5.32 Å². The van der Waals surface area contributed by atoms with Gasteiger partial charge < -0.3 is 5.32 Å². The molecule has 0 saturated carbocycles. The van der Waals surface area contributed by atoms with E-state index in [0.717, 1.165) is 51.3 Å². The Bertz CT molecular complexity index is 1290. The maximum atomic E-state index is 12.4. The molecule has 0 unspecified atom stereocenters. The fourth-order valence-electron chi connectivity index (χ4n) is 4.19. The van der Waals surface area contributed by atoms with Crippen LogP contribution in [0.5, 0.6) is 0 Å². The van der Waals surface area contributed by atoms with E-state index in [-0.39, 0.29) is 5.91 Å². The maximum Gasteiger partial charge on any atom is 0.220 e. The Morgan fingerprint density at radius 1 is 1.06 bits per heavy atom. The van der Waals surface area contributed by atoms with Crippen molar-refractivity contribution in [1.29, 1.82) is 0 Å². The van der Waals surface area contributed by atoms with Gasteiger partial charge in [-0.05, 0) is 81.7 Å². The lowest BCUT2D eigenvalue weighted by atomic mass is 10.1. The van der Waals surface area contributed by atoms with Crippen LogP contribution in [0, 0.1) is 27.7 Å². The van der Waals surface area contributed by atoms with Gasteiger partial charge in [-0.3, -0.25) is 4.79 Å². The molecule has 166 valence electrons. The van der Waals surface area contributed by atoms with Crippen LogP contribution >= 0.6 is 11.8 Å². The molecule has 0 spiro atoms. The summed E-state index contributed by atoms with van der Waals surface area (Å²) in [6, 6.07) is 10.5. The van der Waals surface area contributed by atoms with Crippen LogP contribution in [0.1, 0.15) is 40.2 Å². The smallest absolute Gasteiger partial charge is 0.220 e. The molecule has 1 N–H and O–H groups in total. The van der Waals surface area contributed by atoms with E-state index in [0.29, 0.717) is 19.4 Å². The van der Waals surface area contributed by atoms with Crippen LogP contribution in [0.25, 0.3) is 16.7 Å². The maximum absolute atomic E-state index is 12.4. The lowest BCUT2D eigenvalue weighted by Gasteiger charge is -2.11. The molecule has 3 heterocycles. The average molecular weight is 448 g/mol. The van der Waals surface area contributed by atoms with Crippen molar-refractivity contribution in [1.82, 2.24) is 24.9 Å². The number of aryl methyl sites for hydroxylation is 4. The number of hydrogen-bond acceptors (Lipinski definition) is 5. The molecule has 3 aromatic heterocycles. The van der Waals surface area contributed by atoms with Crippen molar-refractivity contribution in [3.8, 4) is 0 Å². The number of fused-ring (bicyclic) bond motifs is 3. The van der Waals surface area contributed by atoms with Crippen LogP contribution in [0.15, 0.2) is 35.2 Å². The number of nitrogens with one attached hydrogen (secondary N) is 1. The summed E-state index contributed by atoms with van der Waals surface area (Å²) in [5.41, 5.74) is 7.90. The van der Waals surface area contributed by atoms with E-state index >= 15 is 0 Å². The van der Waals surface area contributed by atoms with E-state index in [1.807, 2.05) is 25.3 Å². The van der Waals surface area contributed by atoms with E-state index < -0.39 is 0 Å². The second kappa shape index (κ2) is 9.28. The lowest BCUT2D eigenvalue weighted by Crippen LogP contribution is -2.26. The standard InChI is InChI=1S/C25H29N5OS/c1-15-14-16(2)27-24-23(15)25-28-17(3)21(18(4)30(25)29-24)10-11-22(31)26-13-12-19-6-8-20(32-5)9-7-19/h6-9,14H,10-13H2,1-5H3,(H,26,31). The van der Waals surface area contributed by atoms with Gasteiger partial charge in [0.15, 0.2) is 11.3 Å². The number of carbonyl (C=O) groups excluding carboxylic acids is 1. The van der Waals surface area contributed by atoms with Crippen LogP contribution in [-0.4, -0.2) is 38.3 Å². The molecule has 0 aliphatic rings. The zero-order valence-electron chi connectivity index (χ0n) is 19.3. The third-order valence-electron chi connectivity index (χ3n) is 5.91. The quantitative estimate of drug-likeness (QED) is 0.422. The van der Waals surface area contributed by atoms with Crippen LogP contribution in [0.4, 0.5) is 0 Å². The van der Waals surface area contributed by atoms with Gasteiger partial charge >= 0.3 is 0 Å². The summed E-state index contributed by atoms with van der Waals surface area (Å²) in [6.45, 7) is 8.74. The van der Waals surface area contributed by atoms with Crippen LogP contribution in [-0.2, 0) is 17.6 Å². The van der Waals surface area contributed by atoms with Crippen molar-refractivity contribution >= 4 is 34.3 Å². The molecule has 0 atom stereocenters. The first kappa shape index (κ1) is 22.3. The van der Waals surface area contributed by atoms with Crippen LogP contribution in [0.2, 0.25) is 0 Å². The van der Waals surface area contributed by atoms with Gasteiger partial charge in [-0.2, -0.15) is 0 Å². The molecule has 0 saturated heterocycles. The molecular weight excluding hydrogens is 418 g/mol. The fraction of sp³-hybridized carbons (Fsp3) is 0.360. The minimum absolute atomic E-state index is 0.0587. The Labute approximate surface area is 192 Å². The van der Waals surface area contributed by atoms with Gasteiger partial charge in [0.1, 0.15) is 0 Å². The Morgan fingerprint density at radius 3 is 2.53 bits per heavy atom. The number of rotatable bonds is 7. The number of aromatic nitrogens is 4. The van der Waals surface area contributed by atoms with Gasteiger partial charge in [0.2, 0.25) is 5.91 Å². The Kier molecular flexibility index (Phi) is 6.46. The molecule has 0 radical (unpaired) electrons. The van der Waals surface area contributed by atoms with Gasteiger partial charge in [-0.15, -0.1) is 16.9 Å². The summed E-state index contributed by atoms with van der Waals surface area (Å²) in [5, 5.41) is 8.74. The highest BCUT2D eigenvalue weighted by Gasteiger charge is 2.17. The molecule has 1 aromatic carbocycles. The minimum atomic E-state index is 0.0587. The van der Waals surface area contributed by atoms with E-state index in [1.165, 1.54) is 10.5 Å². The van der Waals surface area contributed by atoms with E-state index in [4.69, 9.17) is 10.1 Å². The Hall–Kier alpha value is -2.93. The van der Waals surface area contributed by atoms with Gasteiger partial charge in [0.25, 0.3) is 0 Å². The molecule has 4 aromatic rings. The van der Waals surface area contributed by atoms with Crippen molar-refractivity contribution < 1.29 is 4.79 Å². The Morgan fingerprint density at radius 2 is 1.81 bits per heavy atom. The number of hydrogen-bond donors (Lipinski definition) is 1. The molecule has 0 fully saturated rings. The second-order valence-corrected chi connectivity index (χ2v) is 9.10. The number of nitrogens with zero attached hydrogens (tertiary/aromatic N) is 4. The number of benzene rings is 1. The molecule has 7 heteroatoms. The number of pyridine rings is 1. The van der Waals surface area contributed by atoms with Crippen LogP contribution in [0.3, 0.4) is 0 Å². The van der Waals surface area contributed by atoms with Gasteiger partial charge in [0, 0.05) is 34.9 Å². The minimum Gasteiger partial charge on any atom is -0.356 e. The number of thioether (sulfide) groups is 1. The summed E-state index contributed by atoms with van der Waals surface area (Å²) in [4.78, 5) is 23.1. The zero-order valence-corrected chi connectivity index (χ0v) is 20.1. The van der Waals surface area contributed by atoms with E-state index in [2.05, 4.69) is 53.8 Å². The van der Waals surface area contributed by atoms with Gasteiger partial charge in [-0.1, -0.05) is 12.1 Å². The molecule has 32 heavy (non-hydrogen) atoms. The zero-order chi connectivity index (χ0) is 22.8. The summed E-state index contributed by atoms with van der Waals surface area (Å²) in [7, 11) is 0. The first-order valence-electron chi connectivity index (χ1n) is 10.9. The first-order chi connectivity index (χ1) is 15.4. The van der Waals surface area contributed by atoms with Crippen molar-refractivity contribution in [3.63, 3.8) is 0 Å². The monoisotopic (exact) mass is 447 g/mol. The van der Waals surface area contributed by atoms with E-state index in [9.17, 15) is 4.79 Å². The normalized spacial score (nSPS) is 11.4. The fourth-order valence-corrected chi connectivity index (χ4v) is 4.60. The largest absolute Gasteiger partial charge is 0.356 e. The second-order valence-electron chi connectivity index (χ2n) is 8.22. The topological polar surface area (TPSA) is 72.2 Å². The molecule has 1 amide bonds. The summed E-state index contributed by atoms with van der Waals surface area (Å²) in [6.07, 6.45) is 3.96. The third-order valence-corrected chi connectivity index (χ3v) is 6.65. The molecule has 6 nitrogen and oxygen atoms in total. The number of amides is 1. The average Bonchev–Trinajstić information content (AvgIpc) is 3.12. The summed E-state index contributed by atoms with van der Waals surface area (Å²) in [5.74, 6) is 0.0587. The lowest BCUT2D eigenvalue weighted by molar-refractivity contribution is -0.121. The van der Waals surface area contributed by atoms with E-state index in [1.54, 1.807) is 11.8 Å². The first-order valence-corrected chi connectivity index (χ1v) is 12.1. The Balaban J connectivity index is 1.43. The van der Waals surface area contributed by atoms with Gasteiger partial charge in [0.05, 0.1) is 5.39 Å². The van der Waals surface area contributed by atoms with Crippen molar-refractivity contribution in [2.75, 3.05) is 12.8 Å². The van der Waals surface area contributed by atoms with Gasteiger partial charge in [-0.25, -0.2) is 14.5 Å². The number of carbonyl (C=O) groups is 1. The van der Waals surface area contributed by atoms with Crippen molar-refractivity contribution in [3.05, 3.63) is 64.1 Å².